The number of carboxylic acid groups (broad SMARTS) is 1. The first-order chi connectivity index (χ1) is 9.45. The number of aromatic nitrogens is 4. The fourth-order valence-electron chi connectivity index (χ4n) is 1.24. The minimum Gasteiger partial charge on any atom is -0.481 e. The fourth-order valence-corrected chi connectivity index (χ4v) is 3.12. The van der Waals surface area contributed by atoms with E-state index in [1.54, 1.807) is 23.1 Å². The summed E-state index contributed by atoms with van der Waals surface area (Å²) in [5.41, 5.74) is 8.50. The number of aryl methyl sites for hydroxylation is 1. The van der Waals surface area contributed by atoms with E-state index in [-0.39, 0.29) is 0 Å². The Hall–Kier alpha value is -1.45. The smallest absolute Gasteiger partial charge is 0.300 e. The lowest BCUT2D eigenvalue weighted by molar-refractivity contribution is -0.134. The standard InChI is InChI=1S/C9H13N5S2.C2H4O2/c1-6-7(16-5-11-6)4-15-9-13-12-8(3-10)14(9)2;1-2(3)4/h5H,3-4,10H2,1-2H3;1H3,(H,3,4). The van der Waals surface area contributed by atoms with E-state index < -0.39 is 5.97 Å². The Bertz CT molecular complexity index is 563. The van der Waals surface area contributed by atoms with Gasteiger partial charge in [0, 0.05) is 24.6 Å². The van der Waals surface area contributed by atoms with Crippen LogP contribution in [0.25, 0.3) is 0 Å². The Morgan fingerprint density at radius 3 is 2.65 bits per heavy atom. The first-order valence-electron chi connectivity index (χ1n) is 5.75. The maximum absolute atomic E-state index is 9.00. The molecule has 0 saturated heterocycles. The highest BCUT2D eigenvalue weighted by molar-refractivity contribution is 7.98. The second-order valence-electron chi connectivity index (χ2n) is 3.83. The van der Waals surface area contributed by atoms with Crippen LogP contribution < -0.4 is 5.73 Å². The molecule has 2 aromatic heterocycles. The molecular weight excluding hydrogens is 298 g/mol. The molecule has 20 heavy (non-hydrogen) atoms. The van der Waals surface area contributed by atoms with Gasteiger partial charge in [0.05, 0.1) is 17.7 Å². The quantitative estimate of drug-likeness (QED) is 0.822. The molecule has 0 aliphatic heterocycles. The van der Waals surface area contributed by atoms with Gasteiger partial charge in [-0.05, 0) is 6.92 Å². The molecule has 0 aliphatic carbocycles. The third kappa shape index (κ3) is 4.91. The summed E-state index contributed by atoms with van der Waals surface area (Å²) in [7, 11) is 1.93. The van der Waals surface area contributed by atoms with Gasteiger partial charge in [-0.2, -0.15) is 0 Å². The highest BCUT2D eigenvalue weighted by Crippen LogP contribution is 2.24. The van der Waals surface area contributed by atoms with Crippen molar-refractivity contribution in [3.8, 4) is 0 Å². The van der Waals surface area contributed by atoms with Crippen LogP contribution in [0.3, 0.4) is 0 Å². The molecule has 0 bridgehead atoms. The Morgan fingerprint density at radius 1 is 1.55 bits per heavy atom. The van der Waals surface area contributed by atoms with Crippen LogP contribution in [0.1, 0.15) is 23.3 Å². The van der Waals surface area contributed by atoms with Crippen LogP contribution in [0.15, 0.2) is 10.7 Å². The second-order valence-corrected chi connectivity index (χ2v) is 5.71. The molecule has 0 atom stereocenters. The van der Waals surface area contributed by atoms with Crippen LogP contribution in [0.2, 0.25) is 0 Å². The SMILES string of the molecule is CC(=O)O.Cc1ncsc1CSc1nnc(CN)n1C. The van der Waals surface area contributed by atoms with Crippen molar-refractivity contribution in [1.82, 2.24) is 19.7 Å². The van der Waals surface area contributed by atoms with E-state index in [2.05, 4.69) is 15.2 Å². The summed E-state index contributed by atoms with van der Waals surface area (Å²) in [5, 5.41) is 16.4. The number of carboxylic acids is 1. The van der Waals surface area contributed by atoms with E-state index in [1.165, 1.54) is 4.88 Å². The normalized spacial score (nSPS) is 10.0. The van der Waals surface area contributed by atoms with Crippen LogP contribution in [0.5, 0.6) is 0 Å². The molecule has 0 aromatic carbocycles. The zero-order chi connectivity index (χ0) is 15.1. The molecule has 0 aliphatic rings. The first kappa shape index (κ1) is 16.6. The number of hydrogen-bond acceptors (Lipinski definition) is 7. The van der Waals surface area contributed by atoms with Gasteiger partial charge in [-0.15, -0.1) is 21.5 Å². The number of hydrogen-bond donors (Lipinski definition) is 2. The minimum absolute atomic E-state index is 0.420. The van der Waals surface area contributed by atoms with Gasteiger partial charge in [0.2, 0.25) is 0 Å². The lowest BCUT2D eigenvalue weighted by Gasteiger charge is -2.01. The molecule has 3 N–H and O–H groups in total. The van der Waals surface area contributed by atoms with Crippen molar-refractivity contribution in [1.29, 1.82) is 0 Å². The highest BCUT2D eigenvalue weighted by atomic mass is 32.2. The summed E-state index contributed by atoms with van der Waals surface area (Å²) >= 11 is 3.33. The number of nitrogens with zero attached hydrogens (tertiary/aromatic N) is 4. The van der Waals surface area contributed by atoms with Gasteiger partial charge in [-0.25, -0.2) is 4.98 Å². The monoisotopic (exact) mass is 315 g/mol. The van der Waals surface area contributed by atoms with Crippen molar-refractivity contribution in [3.05, 3.63) is 21.9 Å². The van der Waals surface area contributed by atoms with Crippen LogP contribution in [0.4, 0.5) is 0 Å². The molecule has 0 amide bonds. The maximum Gasteiger partial charge on any atom is 0.300 e. The predicted octanol–water partition coefficient (Wildman–Crippen LogP) is 1.42. The van der Waals surface area contributed by atoms with Crippen molar-refractivity contribution < 1.29 is 9.90 Å². The third-order valence-corrected chi connectivity index (χ3v) is 4.45. The van der Waals surface area contributed by atoms with Crippen LogP contribution >= 0.6 is 23.1 Å². The van der Waals surface area contributed by atoms with Gasteiger partial charge in [0.1, 0.15) is 5.82 Å². The van der Waals surface area contributed by atoms with E-state index >= 15 is 0 Å². The van der Waals surface area contributed by atoms with Gasteiger partial charge in [0.15, 0.2) is 5.16 Å². The van der Waals surface area contributed by atoms with Crippen LogP contribution in [0, 0.1) is 6.92 Å². The molecule has 0 radical (unpaired) electrons. The molecule has 0 fully saturated rings. The van der Waals surface area contributed by atoms with Crippen molar-refractivity contribution >= 4 is 29.1 Å². The molecule has 0 saturated carbocycles. The number of rotatable bonds is 4. The maximum atomic E-state index is 9.00. The molecule has 2 heterocycles. The number of aliphatic carboxylic acids is 1. The second kappa shape index (κ2) is 7.98. The van der Waals surface area contributed by atoms with Gasteiger partial charge < -0.3 is 15.4 Å². The molecule has 9 heteroatoms. The Labute approximate surface area is 125 Å². The number of thioether (sulfide) groups is 1. The fraction of sp³-hybridized carbons (Fsp3) is 0.455. The number of thiazole rings is 1. The molecule has 0 spiro atoms. The summed E-state index contributed by atoms with van der Waals surface area (Å²) in [5.74, 6) is 0.857. The summed E-state index contributed by atoms with van der Waals surface area (Å²) in [6.45, 7) is 3.53. The van der Waals surface area contributed by atoms with Crippen molar-refractivity contribution in [2.75, 3.05) is 0 Å². The van der Waals surface area contributed by atoms with E-state index in [0.717, 1.165) is 29.4 Å². The lowest BCUT2D eigenvalue weighted by atomic mass is 10.4. The Kier molecular flexibility index (Phi) is 6.62. The van der Waals surface area contributed by atoms with Gasteiger partial charge in [0.25, 0.3) is 5.97 Å². The molecule has 110 valence electrons. The number of carbonyl (C=O) groups is 1. The summed E-state index contributed by atoms with van der Waals surface area (Å²) < 4.78 is 1.93. The summed E-state index contributed by atoms with van der Waals surface area (Å²) in [4.78, 5) is 14.5. The van der Waals surface area contributed by atoms with Crippen LogP contribution in [-0.4, -0.2) is 30.8 Å². The van der Waals surface area contributed by atoms with Crippen molar-refractivity contribution in [2.45, 2.75) is 31.3 Å². The molecular formula is C11H17N5O2S2. The molecule has 7 nitrogen and oxygen atoms in total. The van der Waals surface area contributed by atoms with E-state index in [4.69, 9.17) is 15.6 Å². The van der Waals surface area contributed by atoms with Gasteiger partial charge in [-0.1, -0.05) is 11.8 Å². The molecule has 2 aromatic rings. The lowest BCUT2D eigenvalue weighted by Crippen LogP contribution is -2.05. The van der Waals surface area contributed by atoms with Gasteiger partial charge >= 0.3 is 0 Å². The predicted molar refractivity (Wildman–Crippen MR) is 78.6 cm³/mol. The van der Waals surface area contributed by atoms with E-state index in [9.17, 15) is 0 Å². The Balaban J connectivity index is 0.000000444. The summed E-state index contributed by atoms with van der Waals surface area (Å²) in [6, 6.07) is 0. The highest BCUT2D eigenvalue weighted by Gasteiger charge is 2.09. The zero-order valence-electron chi connectivity index (χ0n) is 11.5. The third-order valence-electron chi connectivity index (χ3n) is 2.28. The van der Waals surface area contributed by atoms with Crippen molar-refractivity contribution in [3.63, 3.8) is 0 Å². The molecule has 2 rings (SSSR count). The topological polar surface area (TPSA) is 107 Å². The van der Waals surface area contributed by atoms with Crippen molar-refractivity contribution in [2.24, 2.45) is 12.8 Å². The average Bonchev–Trinajstić information content (AvgIpc) is 2.93. The van der Waals surface area contributed by atoms with Gasteiger partial charge in [-0.3, -0.25) is 4.79 Å². The van der Waals surface area contributed by atoms with E-state index in [0.29, 0.717) is 6.54 Å². The summed E-state index contributed by atoms with van der Waals surface area (Å²) in [6.07, 6.45) is 0. The Morgan fingerprint density at radius 2 is 2.20 bits per heavy atom. The largest absolute Gasteiger partial charge is 0.481 e. The van der Waals surface area contributed by atoms with E-state index in [1.807, 2.05) is 24.0 Å². The first-order valence-corrected chi connectivity index (χ1v) is 7.61. The van der Waals surface area contributed by atoms with Crippen LogP contribution in [-0.2, 0) is 24.1 Å². The minimum atomic E-state index is -0.833. The zero-order valence-corrected chi connectivity index (χ0v) is 13.2. The average molecular weight is 315 g/mol. The number of nitrogens with two attached hydrogens (primary N) is 1. The molecule has 0 unspecified atom stereocenters.